The first-order chi connectivity index (χ1) is 8.24. The van der Waals surface area contributed by atoms with Crippen LogP contribution in [0.2, 0.25) is 0 Å². The molecule has 1 aromatic carbocycles. The normalized spacial score (nSPS) is 23.3. The highest BCUT2D eigenvalue weighted by Crippen LogP contribution is 2.24. The Morgan fingerprint density at radius 3 is 2.88 bits per heavy atom. The summed E-state index contributed by atoms with van der Waals surface area (Å²) in [5.41, 5.74) is 0.770. The van der Waals surface area contributed by atoms with E-state index in [0.29, 0.717) is 6.61 Å². The number of carbonyl (C=O) groups excluding carboxylic acids is 1. The molecule has 0 aliphatic carbocycles. The smallest absolute Gasteiger partial charge is 0.320 e. The lowest BCUT2D eigenvalue weighted by atomic mass is 10.1. The summed E-state index contributed by atoms with van der Waals surface area (Å²) >= 11 is 0. The number of hydrogen-bond acceptors (Lipinski definition) is 4. The molecule has 0 fully saturated rings. The van der Waals surface area contributed by atoms with Gasteiger partial charge in [0.1, 0.15) is 6.54 Å². The van der Waals surface area contributed by atoms with Crippen LogP contribution >= 0.6 is 0 Å². The van der Waals surface area contributed by atoms with Crippen molar-refractivity contribution in [3.05, 3.63) is 30.3 Å². The van der Waals surface area contributed by atoms with Crippen molar-refractivity contribution in [2.45, 2.75) is 13.2 Å². The van der Waals surface area contributed by atoms with E-state index in [9.17, 15) is 9.90 Å². The Balaban J connectivity index is 2.12. The molecule has 90 valence electrons. The molecule has 0 aromatic heterocycles. The Morgan fingerprint density at radius 2 is 2.24 bits per heavy atom. The van der Waals surface area contributed by atoms with Gasteiger partial charge in [-0.1, -0.05) is 22.9 Å². The van der Waals surface area contributed by atoms with Gasteiger partial charge >= 0.3 is 12.2 Å². The summed E-state index contributed by atoms with van der Waals surface area (Å²) in [5, 5.41) is 14.2. The first kappa shape index (κ1) is 11.7. The van der Waals surface area contributed by atoms with Crippen molar-refractivity contribution in [2.75, 3.05) is 13.2 Å². The van der Waals surface area contributed by atoms with Gasteiger partial charge < -0.3 is 9.84 Å². The molecule has 2 unspecified atom stereocenters. The molecule has 1 N–H and O–H groups in total. The number of aliphatic hydroxyl groups is 1. The zero-order valence-corrected chi connectivity index (χ0v) is 9.61. The second-order valence-electron chi connectivity index (χ2n) is 3.78. The van der Waals surface area contributed by atoms with Crippen LogP contribution in [-0.4, -0.2) is 35.2 Å². The molecule has 17 heavy (non-hydrogen) atoms. The number of azo groups is 2. The maximum Gasteiger partial charge on any atom is 0.320 e. The highest BCUT2D eigenvalue weighted by Gasteiger charge is 2.44. The van der Waals surface area contributed by atoms with E-state index in [2.05, 4.69) is 5.11 Å². The molecule has 2 atom stereocenters. The molecule has 1 heterocycles. The van der Waals surface area contributed by atoms with E-state index in [0.717, 1.165) is 5.69 Å². The van der Waals surface area contributed by atoms with E-state index >= 15 is 0 Å². The van der Waals surface area contributed by atoms with Crippen LogP contribution in [0.5, 0.6) is 0 Å². The zero-order chi connectivity index (χ0) is 12.3. The van der Waals surface area contributed by atoms with Crippen molar-refractivity contribution >= 4 is 11.7 Å². The molecule has 1 aromatic rings. The first-order valence-electron chi connectivity index (χ1n) is 5.60. The summed E-state index contributed by atoms with van der Waals surface area (Å²) in [6, 6.07) is 9.26. The van der Waals surface area contributed by atoms with Crippen LogP contribution in [0.25, 0.3) is 0 Å². The van der Waals surface area contributed by atoms with Gasteiger partial charge in [-0.25, -0.2) is 0 Å². The summed E-state index contributed by atoms with van der Waals surface area (Å²) in [7, 11) is 0. The van der Waals surface area contributed by atoms with Crippen molar-refractivity contribution in [3.8, 4) is 0 Å². The van der Waals surface area contributed by atoms with Crippen LogP contribution in [0.4, 0.5) is 5.69 Å². The fourth-order valence-corrected chi connectivity index (χ4v) is 1.78. The number of rotatable bonds is 3. The largest absolute Gasteiger partial charge is 0.465 e. The lowest BCUT2D eigenvalue weighted by molar-refractivity contribution is -0.585. The van der Waals surface area contributed by atoms with Crippen LogP contribution in [0.1, 0.15) is 6.92 Å². The summed E-state index contributed by atoms with van der Waals surface area (Å²) in [5.74, 6) is -1.00. The number of nitrogens with zero attached hydrogens (tertiary/aromatic N) is 2. The molecular weight excluding hydrogens is 220 g/mol. The van der Waals surface area contributed by atoms with Gasteiger partial charge in [0.05, 0.1) is 6.61 Å². The molecule has 5 heteroatoms. The molecule has 1 aliphatic rings. The standard InChI is InChI=1S/C12H15N2O3/c1-2-17-12(16)10-8-13-14(11(10)15)9-6-4-3-5-7-9/h3-7,10-11,15H,2,8H2,1H3/q+1. The van der Waals surface area contributed by atoms with Gasteiger partial charge in [0.15, 0.2) is 5.92 Å². The third-order valence-corrected chi connectivity index (χ3v) is 2.65. The van der Waals surface area contributed by atoms with Crippen LogP contribution < -0.4 is 0 Å². The third kappa shape index (κ3) is 2.34. The van der Waals surface area contributed by atoms with Crippen molar-refractivity contribution in [3.63, 3.8) is 0 Å². The van der Waals surface area contributed by atoms with E-state index in [-0.39, 0.29) is 6.54 Å². The number of esters is 1. The second kappa shape index (κ2) is 5.05. The zero-order valence-electron chi connectivity index (χ0n) is 9.61. The molecule has 5 nitrogen and oxygen atoms in total. The third-order valence-electron chi connectivity index (χ3n) is 2.65. The number of para-hydroxylation sites is 1. The van der Waals surface area contributed by atoms with Gasteiger partial charge in [0.2, 0.25) is 5.69 Å². The SMILES string of the molecule is CCOC(=O)C1CN=[N+](c2ccccc2)C1O. The number of hydrogen-bond donors (Lipinski definition) is 1. The monoisotopic (exact) mass is 235 g/mol. The molecule has 2 rings (SSSR count). The topological polar surface area (TPSA) is 61.9 Å². The van der Waals surface area contributed by atoms with Crippen molar-refractivity contribution in [1.82, 2.24) is 0 Å². The van der Waals surface area contributed by atoms with Gasteiger partial charge in [-0.15, -0.1) is 0 Å². The minimum absolute atomic E-state index is 0.259. The molecular formula is C12H15N2O3+. The molecule has 0 radical (unpaired) electrons. The summed E-state index contributed by atoms with van der Waals surface area (Å²) < 4.78 is 6.35. The predicted molar refractivity (Wildman–Crippen MR) is 59.8 cm³/mol. The average Bonchev–Trinajstić information content (AvgIpc) is 2.72. The van der Waals surface area contributed by atoms with Gasteiger partial charge in [-0.05, 0) is 12.0 Å². The van der Waals surface area contributed by atoms with Gasteiger partial charge in [0.25, 0.3) is 0 Å². The fraction of sp³-hybridized carbons (Fsp3) is 0.417. The molecule has 0 bridgehead atoms. The molecule has 1 aliphatic heterocycles. The van der Waals surface area contributed by atoms with Crippen LogP contribution in [-0.2, 0) is 9.53 Å². The van der Waals surface area contributed by atoms with E-state index in [1.165, 1.54) is 4.70 Å². The predicted octanol–water partition coefficient (Wildman–Crippen LogP) is 1.29. The van der Waals surface area contributed by atoms with Crippen LogP contribution in [0, 0.1) is 5.92 Å². The lowest BCUT2D eigenvalue weighted by Gasteiger charge is -2.08. The molecule has 0 amide bonds. The van der Waals surface area contributed by atoms with E-state index in [4.69, 9.17) is 4.74 Å². The summed E-state index contributed by atoms with van der Waals surface area (Å²) in [6.45, 7) is 2.31. The second-order valence-corrected chi connectivity index (χ2v) is 3.78. The number of carbonyl (C=O) groups is 1. The minimum atomic E-state index is -0.948. The number of aliphatic hydroxyl groups excluding tert-OH is 1. The first-order valence-corrected chi connectivity index (χ1v) is 5.60. The maximum absolute atomic E-state index is 11.6. The van der Waals surface area contributed by atoms with E-state index in [1.54, 1.807) is 6.92 Å². The van der Waals surface area contributed by atoms with Gasteiger partial charge in [-0.2, -0.15) is 0 Å². The Bertz CT molecular complexity index is 431. The maximum atomic E-state index is 11.6. The highest BCUT2D eigenvalue weighted by molar-refractivity contribution is 5.73. The van der Waals surface area contributed by atoms with Gasteiger partial charge in [-0.3, -0.25) is 4.79 Å². The number of benzene rings is 1. The Kier molecular flexibility index (Phi) is 3.49. The number of ether oxygens (including phenoxy) is 1. The van der Waals surface area contributed by atoms with E-state index < -0.39 is 18.1 Å². The molecule has 0 spiro atoms. The summed E-state index contributed by atoms with van der Waals surface area (Å²) in [4.78, 5) is 11.6. The van der Waals surface area contributed by atoms with Crippen LogP contribution in [0.3, 0.4) is 0 Å². The molecule has 0 saturated heterocycles. The Morgan fingerprint density at radius 1 is 1.53 bits per heavy atom. The lowest BCUT2D eigenvalue weighted by Crippen LogP contribution is -2.32. The van der Waals surface area contributed by atoms with Crippen molar-refractivity contribution in [2.24, 2.45) is 11.0 Å². The van der Waals surface area contributed by atoms with Crippen molar-refractivity contribution in [1.29, 1.82) is 0 Å². The van der Waals surface area contributed by atoms with Gasteiger partial charge in [0, 0.05) is 12.1 Å². The fourth-order valence-electron chi connectivity index (χ4n) is 1.78. The van der Waals surface area contributed by atoms with Crippen molar-refractivity contribution < 1.29 is 19.3 Å². The highest BCUT2D eigenvalue weighted by atomic mass is 16.5. The Labute approximate surface area is 99.3 Å². The van der Waals surface area contributed by atoms with E-state index in [1.807, 2.05) is 30.3 Å². The Hall–Kier alpha value is -1.75. The molecule has 0 saturated carbocycles. The summed E-state index contributed by atoms with van der Waals surface area (Å²) in [6.07, 6.45) is -0.948. The minimum Gasteiger partial charge on any atom is -0.465 e. The quantitative estimate of drug-likeness (QED) is 0.634. The van der Waals surface area contributed by atoms with Crippen LogP contribution in [0.15, 0.2) is 35.4 Å². The average molecular weight is 235 g/mol.